The molecule has 2 aliphatic heterocycles. The molecule has 3 aliphatic rings. The summed E-state index contributed by atoms with van der Waals surface area (Å²) in [6.07, 6.45) is 3.80. The van der Waals surface area contributed by atoms with Gasteiger partial charge in [0.1, 0.15) is 0 Å². The van der Waals surface area contributed by atoms with Gasteiger partial charge in [-0.25, -0.2) is 0 Å². The average molecular weight is 461 g/mol. The Morgan fingerprint density at radius 2 is 1.35 bits per heavy atom. The van der Waals surface area contributed by atoms with Gasteiger partial charge in [-0.15, -0.1) is 0 Å². The summed E-state index contributed by atoms with van der Waals surface area (Å²) in [4.78, 5) is 32.1. The van der Waals surface area contributed by atoms with Gasteiger partial charge in [-0.3, -0.25) is 19.4 Å². The third kappa shape index (κ3) is 6.05. The predicted molar refractivity (Wildman–Crippen MR) is 134 cm³/mol. The lowest BCUT2D eigenvalue weighted by Crippen LogP contribution is -2.45. The summed E-state index contributed by atoms with van der Waals surface area (Å²) in [5.41, 5.74) is 3.49. The van der Waals surface area contributed by atoms with E-state index in [9.17, 15) is 9.59 Å². The number of piperazine rings is 1. The van der Waals surface area contributed by atoms with Gasteiger partial charge < -0.3 is 10.2 Å². The molecule has 2 heterocycles. The van der Waals surface area contributed by atoms with Crippen molar-refractivity contribution in [3.8, 4) is 0 Å². The highest BCUT2D eigenvalue weighted by atomic mass is 16.2. The Morgan fingerprint density at radius 3 is 1.97 bits per heavy atom. The van der Waals surface area contributed by atoms with E-state index < -0.39 is 0 Å². The predicted octanol–water partition coefficient (Wildman–Crippen LogP) is 3.59. The molecule has 1 N–H and O–H groups in total. The van der Waals surface area contributed by atoms with Crippen LogP contribution in [0, 0.1) is 11.8 Å². The first-order chi connectivity index (χ1) is 16.6. The van der Waals surface area contributed by atoms with Gasteiger partial charge in [0, 0.05) is 64.0 Å². The van der Waals surface area contributed by atoms with Crippen LogP contribution >= 0.6 is 0 Å². The van der Waals surface area contributed by atoms with Crippen molar-refractivity contribution < 1.29 is 9.59 Å². The first-order valence-corrected chi connectivity index (χ1v) is 12.8. The van der Waals surface area contributed by atoms with Crippen molar-refractivity contribution in [1.82, 2.24) is 14.7 Å². The minimum atomic E-state index is -0.108. The second-order valence-corrected chi connectivity index (χ2v) is 10.1. The largest absolute Gasteiger partial charge is 0.342 e. The van der Waals surface area contributed by atoms with E-state index in [1.54, 1.807) is 0 Å². The SMILES string of the molecule is O=C(Nc1ccc(CN2CCN(Cc3ccccc3)CC2)cc1)C1CCCN(C(=O)C2CC2)C1. The summed E-state index contributed by atoms with van der Waals surface area (Å²) in [5.74, 6) is 0.405. The van der Waals surface area contributed by atoms with E-state index in [-0.39, 0.29) is 23.7 Å². The van der Waals surface area contributed by atoms with Gasteiger partial charge in [-0.2, -0.15) is 0 Å². The molecule has 0 aromatic heterocycles. The van der Waals surface area contributed by atoms with Gasteiger partial charge in [0.2, 0.25) is 11.8 Å². The molecular formula is C28H36N4O2. The quantitative estimate of drug-likeness (QED) is 0.686. The number of hydrogen-bond donors (Lipinski definition) is 1. The molecule has 1 unspecified atom stereocenters. The van der Waals surface area contributed by atoms with Crippen LogP contribution < -0.4 is 5.32 Å². The normalized spacial score (nSPS) is 21.9. The highest BCUT2D eigenvalue weighted by molar-refractivity contribution is 5.93. The maximum Gasteiger partial charge on any atom is 0.229 e. The molecule has 6 heteroatoms. The first kappa shape index (κ1) is 23.1. The average Bonchev–Trinajstić information content (AvgIpc) is 3.72. The zero-order valence-electron chi connectivity index (χ0n) is 20.0. The van der Waals surface area contributed by atoms with Crippen molar-refractivity contribution in [2.75, 3.05) is 44.6 Å². The fraction of sp³-hybridized carbons (Fsp3) is 0.500. The van der Waals surface area contributed by atoms with E-state index in [2.05, 4.69) is 57.6 Å². The zero-order valence-corrected chi connectivity index (χ0v) is 20.0. The molecule has 1 atom stereocenters. The van der Waals surface area contributed by atoms with E-state index in [1.807, 2.05) is 17.0 Å². The van der Waals surface area contributed by atoms with Gasteiger partial charge in [-0.1, -0.05) is 42.5 Å². The van der Waals surface area contributed by atoms with E-state index >= 15 is 0 Å². The standard InChI is InChI=1S/C28H36N4O2/c33-27(25-7-4-14-32(21-25)28(34)24-10-11-24)29-26-12-8-23(9-13-26)20-31-17-15-30(16-18-31)19-22-5-2-1-3-6-22/h1-3,5-6,8-9,12-13,24-25H,4,7,10-11,14-21H2,(H,29,33). The number of anilines is 1. The third-order valence-electron chi connectivity index (χ3n) is 7.37. The molecule has 3 fully saturated rings. The van der Waals surface area contributed by atoms with E-state index in [4.69, 9.17) is 0 Å². The summed E-state index contributed by atoms with van der Waals surface area (Å²) in [5, 5.41) is 3.08. The number of nitrogens with one attached hydrogen (secondary N) is 1. The number of carbonyl (C=O) groups excluding carboxylic acids is 2. The Balaban J connectivity index is 1.06. The van der Waals surface area contributed by atoms with Crippen molar-refractivity contribution in [1.29, 1.82) is 0 Å². The summed E-state index contributed by atoms with van der Waals surface area (Å²) < 4.78 is 0. The fourth-order valence-electron chi connectivity index (χ4n) is 5.12. The third-order valence-corrected chi connectivity index (χ3v) is 7.37. The Bertz CT molecular complexity index is 966. The second kappa shape index (κ2) is 10.7. The van der Waals surface area contributed by atoms with Crippen molar-refractivity contribution in [3.05, 3.63) is 65.7 Å². The molecule has 1 aliphatic carbocycles. The molecule has 34 heavy (non-hydrogen) atoms. The Labute approximate surface area is 202 Å². The smallest absolute Gasteiger partial charge is 0.229 e. The highest BCUT2D eigenvalue weighted by Gasteiger charge is 2.36. The number of amides is 2. The van der Waals surface area contributed by atoms with E-state index in [0.717, 1.165) is 77.2 Å². The Hall–Kier alpha value is -2.70. The summed E-state index contributed by atoms with van der Waals surface area (Å²) >= 11 is 0. The molecule has 0 spiro atoms. The van der Waals surface area contributed by atoms with Crippen LogP contribution in [-0.4, -0.2) is 65.8 Å². The molecule has 2 amide bonds. The van der Waals surface area contributed by atoms with Gasteiger partial charge in [0.25, 0.3) is 0 Å². The van der Waals surface area contributed by atoms with Crippen LogP contribution in [-0.2, 0) is 22.7 Å². The van der Waals surface area contributed by atoms with Crippen LogP contribution in [0.15, 0.2) is 54.6 Å². The summed E-state index contributed by atoms with van der Waals surface area (Å²) in [6, 6.07) is 18.9. The Morgan fingerprint density at radius 1 is 0.735 bits per heavy atom. The van der Waals surface area contributed by atoms with Crippen molar-refractivity contribution >= 4 is 17.5 Å². The van der Waals surface area contributed by atoms with Crippen LogP contribution in [0.2, 0.25) is 0 Å². The van der Waals surface area contributed by atoms with Crippen molar-refractivity contribution in [2.24, 2.45) is 11.8 Å². The molecule has 2 aromatic carbocycles. The first-order valence-electron chi connectivity index (χ1n) is 12.8. The maximum atomic E-state index is 12.8. The van der Waals surface area contributed by atoms with Crippen LogP contribution in [0.1, 0.15) is 36.8 Å². The highest BCUT2D eigenvalue weighted by Crippen LogP contribution is 2.32. The van der Waals surface area contributed by atoms with Gasteiger partial charge >= 0.3 is 0 Å². The molecule has 6 nitrogen and oxygen atoms in total. The van der Waals surface area contributed by atoms with Gasteiger partial charge in [-0.05, 0) is 48.9 Å². The second-order valence-electron chi connectivity index (χ2n) is 10.1. The lowest BCUT2D eigenvalue weighted by atomic mass is 9.96. The van der Waals surface area contributed by atoms with Gasteiger partial charge in [0.05, 0.1) is 5.92 Å². The lowest BCUT2D eigenvalue weighted by Gasteiger charge is -2.34. The minimum absolute atomic E-state index is 0.0376. The molecule has 0 bridgehead atoms. The summed E-state index contributed by atoms with van der Waals surface area (Å²) in [6.45, 7) is 7.65. The fourth-order valence-corrected chi connectivity index (χ4v) is 5.12. The zero-order chi connectivity index (χ0) is 23.3. The van der Waals surface area contributed by atoms with Crippen LogP contribution in [0.3, 0.4) is 0 Å². The topological polar surface area (TPSA) is 55.9 Å². The number of likely N-dealkylation sites (tertiary alicyclic amines) is 1. The number of benzene rings is 2. The van der Waals surface area contributed by atoms with Crippen molar-refractivity contribution in [3.63, 3.8) is 0 Å². The maximum absolute atomic E-state index is 12.8. The molecule has 1 saturated carbocycles. The lowest BCUT2D eigenvalue weighted by molar-refractivity contribution is -0.135. The molecule has 2 saturated heterocycles. The molecule has 5 rings (SSSR count). The van der Waals surface area contributed by atoms with E-state index in [1.165, 1.54) is 11.1 Å². The number of hydrogen-bond acceptors (Lipinski definition) is 4. The molecule has 2 aromatic rings. The van der Waals surface area contributed by atoms with Crippen LogP contribution in [0.25, 0.3) is 0 Å². The minimum Gasteiger partial charge on any atom is -0.342 e. The summed E-state index contributed by atoms with van der Waals surface area (Å²) in [7, 11) is 0. The number of carbonyl (C=O) groups is 2. The molecule has 0 radical (unpaired) electrons. The van der Waals surface area contributed by atoms with Crippen LogP contribution in [0.5, 0.6) is 0 Å². The van der Waals surface area contributed by atoms with Crippen molar-refractivity contribution in [2.45, 2.75) is 38.8 Å². The molecule has 180 valence electrons. The number of rotatable bonds is 7. The number of nitrogens with zero attached hydrogens (tertiary/aromatic N) is 3. The van der Waals surface area contributed by atoms with Gasteiger partial charge in [0.15, 0.2) is 0 Å². The Kier molecular flexibility index (Phi) is 7.26. The van der Waals surface area contributed by atoms with E-state index in [0.29, 0.717) is 6.54 Å². The van der Waals surface area contributed by atoms with Crippen LogP contribution in [0.4, 0.5) is 5.69 Å². The number of piperidine rings is 1. The monoisotopic (exact) mass is 460 g/mol. The molecular weight excluding hydrogens is 424 g/mol.